The van der Waals surface area contributed by atoms with Crippen LogP contribution >= 0.6 is 0 Å². The number of piperazine rings is 1. The van der Waals surface area contributed by atoms with Gasteiger partial charge in [0.25, 0.3) is 11.6 Å². The fourth-order valence-electron chi connectivity index (χ4n) is 2.02. The Hall–Kier alpha value is -2.02. The van der Waals surface area contributed by atoms with Gasteiger partial charge in [-0.15, -0.1) is 0 Å². The van der Waals surface area contributed by atoms with E-state index in [1.165, 1.54) is 4.90 Å². The molecule has 2 rings (SSSR count). The largest absolute Gasteiger partial charge is 0.336 e. The van der Waals surface area contributed by atoms with Crippen molar-refractivity contribution < 1.29 is 14.1 Å². The molecule has 0 aliphatic carbocycles. The van der Waals surface area contributed by atoms with Crippen LogP contribution in [0.4, 0.5) is 10.1 Å². The van der Waals surface area contributed by atoms with Crippen molar-refractivity contribution in [2.24, 2.45) is 0 Å². The van der Waals surface area contributed by atoms with E-state index in [1.54, 1.807) is 0 Å². The van der Waals surface area contributed by atoms with E-state index in [-0.39, 0.29) is 11.3 Å². The third kappa shape index (κ3) is 2.87. The van der Waals surface area contributed by atoms with Gasteiger partial charge < -0.3 is 9.80 Å². The molecule has 0 aromatic heterocycles. The summed E-state index contributed by atoms with van der Waals surface area (Å²) in [6.45, 7) is 2.38. The van der Waals surface area contributed by atoms with Crippen molar-refractivity contribution >= 4 is 11.6 Å². The molecule has 1 aromatic rings. The zero-order chi connectivity index (χ0) is 14.0. The second-order valence-corrected chi connectivity index (χ2v) is 4.51. The molecule has 1 amide bonds. The van der Waals surface area contributed by atoms with E-state index in [1.807, 2.05) is 7.05 Å². The average Bonchev–Trinajstić information content (AvgIpc) is 2.38. The Morgan fingerprint density at radius 3 is 2.53 bits per heavy atom. The van der Waals surface area contributed by atoms with Crippen LogP contribution in [-0.2, 0) is 0 Å². The number of likely N-dealkylation sites (N-methyl/N-ethyl adjacent to an activating group) is 1. The summed E-state index contributed by atoms with van der Waals surface area (Å²) in [5.41, 5.74) is -0.542. The highest BCUT2D eigenvalue weighted by Gasteiger charge is 2.27. The van der Waals surface area contributed by atoms with Gasteiger partial charge in [-0.25, -0.2) is 4.39 Å². The first-order chi connectivity index (χ1) is 8.99. The minimum atomic E-state index is -0.664. The highest BCUT2D eigenvalue weighted by atomic mass is 19.1. The van der Waals surface area contributed by atoms with Crippen LogP contribution in [0.3, 0.4) is 0 Å². The molecule has 0 radical (unpaired) electrons. The first-order valence-corrected chi connectivity index (χ1v) is 5.91. The molecule has 102 valence electrons. The number of halogens is 1. The van der Waals surface area contributed by atoms with Gasteiger partial charge in [-0.2, -0.15) is 0 Å². The molecule has 0 saturated carbocycles. The molecule has 0 atom stereocenters. The standard InChI is InChI=1S/C12H14FN3O3/c1-14-4-6-15(7-5-14)12(17)10-8-9(13)2-3-11(10)16(18)19/h2-3,8H,4-7H2,1H3. The van der Waals surface area contributed by atoms with E-state index in [9.17, 15) is 19.3 Å². The van der Waals surface area contributed by atoms with Crippen LogP contribution in [0.2, 0.25) is 0 Å². The smallest absolute Gasteiger partial charge is 0.282 e. The van der Waals surface area contributed by atoms with E-state index < -0.39 is 16.6 Å². The first kappa shape index (κ1) is 13.4. The molecule has 19 heavy (non-hydrogen) atoms. The number of hydrogen-bond donors (Lipinski definition) is 0. The summed E-state index contributed by atoms with van der Waals surface area (Å²) in [4.78, 5) is 26.0. The molecule has 1 aliphatic rings. The number of hydrogen-bond acceptors (Lipinski definition) is 4. The van der Waals surface area contributed by atoms with Gasteiger partial charge in [-0.1, -0.05) is 0 Å². The zero-order valence-corrected chi connectivity index (χ0v) is 10.5. The quantitative estimate of drug-likeness (QED) is 0.595. The Morgan fingerprint density at radius 2 is 1.95 bits per heavy atom. The van der Waals surface area contributed by atoms with E-state index in [2.05, 4.69) is 4.90 Å². The lowest BCUT2D eigenvalue weighted by Gasteiger charge is -2.32. The van der Waals surface area contributed by atoms with Gasteiger partial charge in [0.2, 0.25) is 0 Å². The molecule has 1 heterocycles. The van der Waals surface area contributed by atoms with Crippen LogP contribution in [0.5, 0.6) is 0 Å². The monoisotopic (exact) mass is 267 g/mol. The predicted octanol–water partition coefficient (Wildman–Crippen LogP) is 1.12. The first-order valence-electron chi connectivity index (χ1n) is 5.91. The van der Waals surface area contributed by atoms with Crippen molar-refractivity contribution in [3.8, 4) is 0 Å². The number of amides is 1. The van der Waals surface area contributed by atoms with Crippen LogP contribution in [0.1, 0.15) is 10.4 Å². The summed E-state index contributed by atoms with van der Waals surface area (Å²) >= 11 is 0. The molecule has 6 nitrogen and oxygen atoms in total. The SMILES string of the molecule is CN1CCN(C(=O)c2cc(F)ccc2[N+](=O)[O-])CC1. The molecule has 7 heteroatoms. The molecule has 1 aliphatic heterocycles. The highest BCUT2D eigenvalue weighted by molar-refractivity contribution is 5.98. The minimum absolute atomic E-state index is 0.186. The lowest BCUT2D eigenvalue weighted by molar-refractivity contribution is -0.385. The van der Waals surface area contributed by atoms with Crippen molar-refractivity contribution in [2.45, 2.75) is 0 Å². The van der Waals surface area contributed by atoms with Crippen LogP contribution in [-0.4, -0.2) is 53.9 Å². The van der Waals surface area contributed by atoms with Gasteiger partial charge in [0, 0.05) is 32.2 Å². The summed E-state index contributed by atoms with van der Waals surface area (Å²) in [5.74, 6) is -1.14. The number of benzene rings is 1. The summed E-state index contributed by atoms with van der Waals surface area (Å²) in [6.07, 6.45) is 0. The predicted molar refractivity (Wildman–Crippen MR) is 66.5 cm³/mol. The fourth-order valence-corrected chi connectivity index (χ4v) is 2.02. The lowest BCUT2D eigenvalue weighted by atomic mass is 10.1. The zero-order valence-electron chi connectivity index (χ0n) is 10.5. The third-order valence-corrected chi connectivity index (χ3v) is 3.18. The van der Waals surface area contributed by atoms with Crippen molar-refractivity contribution in [3.63, 3.8) is 0 Å². The van der Waals surface area contributed by atoms with Gasteiger partial charge in [-0.3, -0.25) is 14.9 Å². The molecule has 0 spiro atoms. The summed E-state index contributed by atoms with van der Waals surface area (Å²) in [7, 11) is 1.94. The van der Waals surface area contributed by atoms with Crippen molar-refractivity contribution in [1.29, 1.82) is 0 Å². The Labute approximate surface area is 109 Å². The molecular weight excluding hydrogens is 253 g/mol. The van der Waals surface area contributed by atoms with Crippen LogP contribution in [0.25, 0.3) is 0 Å². The molecule has 0 bridgehead atoms. The highest BCUT2D eigenvalue weighted by Crippen LogP contribution is 2.21. The Bertz CT molecular complexity index is 513. The molecule has 0 N–H and O–H groups in total. The van der Waals surface area contributed by atoms with E-state index in [0.717, 1.165) is 18.2 Å². The normalized spacial score (nSPS) is 16.4. The van der Waals surface area contributed by atoms with Gasteiger partial charge in [-0.05, 0) is 19.2 Å². The Morgan fingerprint density at radius 1 is 1.32 bits per heavy atom. The number of nitro groups is 1. The maximum Gasteiger partial charge on any atom is 0.282 e. The maximum atomic E-state index is 13.2. The maximum absolute atomic E-state index is 13.2. The summed E-state index contributed by atoms with van der Waals surface area (Å²) in [6, 6.07) is 2.94. The number of carbonyl (C=O) groups excluding carboxylic acids is 1. The van der Waals surface area contributed by atoms with Gasteiger partial charge in [0.1, 0.15) is 11.4 Å². The van der Waals surface area contributed by atoms with E-state index in [4.69, 9.17) is 0 Å². The van der Waals surface area contributed by atoms with E-state index >= 15 is 0 Å². The lowest BCUT2D eigenvalue weighted by Crippen LogP contribution is -2.47. The molecule has 1 aromatic carbocycles. The van der Waals surface area contributed by atoms with Crippen molar-refractivity contribution in [2.75, 3.05) is 33.2 Å². The topological polar surface area (TPSA) is 66.7 Å². The number of rotatable bonds is 2. The summed E-state index contributed by atoms with van der Waals surface area (Å²) < 4.78 is 13.2. The third-order valence-electron chi connectivity index (χ3n) is 3.18. The molecule has 1 fully saturated rings. The van der Waals surface area contributed by atoms with Crippen LogP contribution in [0.15, 0.2) is 18.2 Å². The van der Waals surface area contributed by atoms with Gasteiger partial charge in [0.15, 0.2) is 0 Å². The van der Waals surface area contributed by atoms with Crippen molar-refractivity contribution in [3.05, 3.63) is 39.7 Å². The Balaban J connectivity index is 2.27. The van der Waals surface area contributed by atoms with E-state index in [0.29, 0.717) is 26.2 Å². The fraction of sp³-hybridized carbons (Fsp3) is 0.417. The Kier molecular flexibility index (Phi) is 3.75. The van der Waals surface area contributed by atoms with Crippen LogP contribution in [0, 0.1) is 15.9 Å². The average molecular weight is 267 g/mol. The molecule has 0 unspecified atom stereocenters. The second kappa shape index (κ2) is 5.31. The van der Waals surface area contributed by atoms with Crippen molar-refractivity contribution in [1.82, 2.24) is 9.80 Å². The van der Waals surface area contributed by atoms with Gasteiger partial charge >= 0.3 is 0 Å². The molecular formula is C12H14FN3O3. The number of carbonyl (C=O) groups is 1. The second-order valence-electron chi connectivity index (χ2n) is 4.51. The molecule has 1 saturated heterocycles. The minimum Gasteiger partial charge on any atom is -0.336 e. The van der Waals surface area contributed by atoms with Crippen LogP contribution < -0.4 is 0 Å². The number of nitrogens with zero attached hydrogens (tertiary/aromatic N) is 3. The summed E-state index contributed by atoms with van der Waals surface area (Å²) in [5, 5.41) is 10.9. The van der Waals surface area contributed by atoms with Gasteiger partial charge in [0.05, 0.1) is 4.92 Å². The number of nitro benzene ring substituents is 1.